The van der Waals surface area contributed by atoms with Crippen molar-refractivity contribution in [1.29, 1.82) is 0 Å². The van der Waals surface area contributed by atoms with Gasteiger partial charge in [0.25, 0.3) is 5.91 Å². The van der Waals surface area contributed by atoms with Gasteiger partial charge >= 0.3 is 0 Å². The van der Waals surface area contributed by atoms with Crippen LogP contribution in [0.3, 0.4) is 0 Å². The van der Waals surface area contributed by atoms with E-state index in [1.165, 1.54) is 0 Å². The van der Waals surface area contributed by atoms with E-state index >= 15 is 0 Å². The first-order valence-corrected chi connectivity index (χ1v) is 6.47. The molecule has 1 saturated carbocycles. The van der Waals surface area contributed by atoms with E-state index in [-0.39, 0.29) is 17.3 Å². The van der Waals surface area contributed by atoms with Crippen molar-refractivity contribution in [3.8, 4) is 0 Å². The number of aryl methyl sites for hydroxylation is 1. The van der Waals surface area contributed by atoms with Crippen molar-refractivity contribution in [3.63, 3.8) is 0 Å². The zero-order valence-corrected chi connectivity index (χ0v) is 10.7. The summed E-state index contributed by atoms with van der Waals surface area (Å²) in [7, 11) is 0. The van der Waals surface area contributed by atoms with Crippen molar-refractivity contribution < 1.29 is 4.79 Å². The minimum Gasteiger partial charge on any atom is -0.348 e. The molecule has 3 nitrogen and oxygen atoms in total. The minimum absolute atomic E-state index is 0.0771. The van der Waals surface area contributed by atoms with E-state index in [1.54, 1.807) is 6.07 Å². The van der Waals surface area contributed by atoms with Crippen LogP contribution in [0.4, 0.5) is 0 Å². The van der Waals surface area contributed by atoms with Gasteiger partial charge in [-0.2, -0.15) is 0 Å². The normalized spacial score (nSPS) is 24.4. The Labute approximate surface area is 107 Å². The highest BCUT2D eigenvalue weighted by Crippen LogP contribution is 2.22. The second-order valence-electron chi connectivity index (χ2n) is 4.59. The van der Waals surface area contributed by atoms with Crippen LogP contribution in [0.2, 0.25) is 0 Å². The van der Waals surface area contributed by atoms with Crippen LogP contribution in [0, 0.1) is 6.92 Å². The van der Waals surface area contributed by atoms with Crippen LogP contribution in [0.1, 0.15) is 41.9 Å². The summed E-state index contributed by atoms with van der Waals surface area (Å²) in [6, 6.07) is 5.73. The molecular formula is C13H17ClN2O. The zero-order chi connectivity index (χ0) is 12.3. The Bertz CT molecular complexity index is 400. The van der Waals surface area contributed by atoms with Crippen LogP contribution < -0.4 is 5.32 Å². The van der Waals surface area contributed by atoms with Gasteiger partial charge in [0.2, 0.25) is 0 Å². The second kappa shape index (κ2) is 5.50. The molecule has 1 fully saturated rings. The molecule has 0 saturated heterocycles. The van der Waals surface area contributed by atoms with Crippen molar-refractivity contribution in [2.24, 2.45) is 0 Å². The number of pyridine rings is 1. The average molecular weight is 253 g/mol. The lowest BCUT2D eigenvalue weighted by atomic mass is 9.95. The van der Waals surface area contributed by atoms with E-state index in [9.17, 15) is 4.79 Å². The van der Waals surface area contributed by atoms with Crippen LogP contribution in [0.15, 0.2) is 18.2 Å². The van der Waals surface area contributed by atoms with E-state index < -0.39 is 0 Å². The van der Waals surface area contributed by atoms with Crippen LogP contribution in [0.25, 0.3) is 0 Å². The third-order valence-electron chi connectivity index (χ3n) is 3.11. The largest absolute Gasteiger partial charge is 0.348 e. The van der Waals surface area contributed by atoms with E-state index in [0.717, 1.165) is 31.4 Å². The number of aromatic nitrogens is 1. The maximum Gasteiger partial charge on any atom is 0.270 e. The van der Waals surface area contributed by atoms with Gasteiger partial charge in [0.05, 0.1) is 0 Å². The van der Waals surface area contributed by atoms with Crippen molar-refractivity contribution >= 4 is 17.5 Å². The number of halogens is 1. The van der Waals surface area contributed by atoms with E-state index in [0.29, 0.717) is 5.69 Å². The highest BCUT2D eigenvalue weighted by Gasteiger charge is 2.21. The number of nitrogens with one attached hydrogen (secondary N) is 1. The predicted octanol–water partition coefficient (Wildman–Crippen LogP) is 2.67. The van der Waals surface area contributed by atoms with Gasteiger partial charge < -0.3 is 5.32 Å². The van der Waals surface area contributed by atoms with Crippen LogP contribution in [-0.4, -0.2) is 22.3 Å². The van der Waals surface area contributed by atoms with Crippen molar-refractivity contribution in [1.82, 2.24) is 10.3 Å². The average Bonchev–Trinajstić information content (AvgIpc) is 2.32. The van der Waals surface area contributed by atoms with Gasteiger partial charge in [-0.05, 0) is 44.7 Å². The molecule has 1 heterocycles. The maximum absolute atomic E-state index is 11.9. The quantitative estimate of drug-likeness (QED) is 0.823. The first kappa shape index (κ1) is 12.4. The Morgan fingerprint density at radius 2 is 2.06 bits per heavy atom. The second-order valence-corrected chi connectivity index (χ2v) is 5.20. The number of nitrogens with zero attached hydrogens (tertiary/aromatic N) is 1. The smallest absolute Gasteiger partial charge is 0.270 e. The Morgan fingerprint density at radius 3 is 2.71 bits per heavy atom. The summed E-state index contributed by atoms with van der Waals surface area (Å²) in [6.07, 6.45) is 3.89. The lowest BCUT2D eigenvalue weighted by Gasteiger charge is -2.25. The third kappa shape index (κ3) is 3.43. The molecule has 17 heavy (non-hydrogen) atoms. The number of carbonyl (C=O) groups excluding carboxylic acids is 1. The number of hydrogen-bond acceptors (Lipinski definition) is 2. The first-order valence-electron chi connectivity index (χ1n) is 6.04. The Hall–Kier alpha value is -1.09. The highest BCUT2D eigenvalue weighted by atomic mass is 35.5. The molecule has 0 unspecified atom stereocenters. The molecule has 0 aromatic carbocycles. The topological polar surface area (TPSA) is 42.0 Å². The summed E-state index contributed by atoms with van der Waals surface area (Å²) in [5.74, 6) is -0.0771. The van der Waals surface area contributed by atoms with Crippen molar-refractivity contribution in [3.05, 3.63) is 29.6 Å². The number of carbonyl (C=O) groups is 1. The first-order chi connectivity index (χ1) is 8.15. The zero-order valence-electron chi connectivity index (χ0n) is 9.95. The molecule has 1 aromatic rings. The molecule has 0 spiro atoms. The molecule has 0 bridgehead atoms. The van der Waals surface area contributed by atoms with Crippen molar-refractivity contribution in [2.45, 2.75) is 44.0 Å². The molecule has 1 aliphatic carbocycles. The summed E-state index contributed by atoms with van der Waals surface area (Å²) < 4.78 is 0. The molecule has 4 heteroatoms. The lowest BCUT2D eigenvalue weighted by molar-refractivity contribution is 0.0922. The van der Waals surface area contributed by atoms with Gasteiger partial charge in [-0.15, -0.1) is 11.6 Å². The van der Waals surface area contributed by atoms with Gasteiger partial charge in [-0.1, -0.05) is 6.07 Å². The molecule has 0 aliphatic heterocycles. The van der Waals surface area contributed by atoms with Gasteiger partial charge in [0, 0.05) is 17.1 Å². The molecule has 1 N–H and O–H groups in total. The fraction of sp³-hybridized carbons (Fsp3) is 0.538. The monoisotopic (exact) mass is 252 g/mol. The van der Waals surface area contributed by atoms with Crippen LogP contribution >= 0.6 is 11.6 Å². The Morgan fingerprint density at radius 1 is 1.35 bits per heavy atom. The summed E-state index contributed by atoms with van der Waals surface area (Å²) in [5, 5.41) is 3.30. The molecule has 2 rings (SSSR count). The summed E-state index contributed by atoms with van der Waals surface area (Å²) >= 11 is 6.03. The van der Waals surface area contributed by atoms with Crippen molar-refractivity contribution in [2.75, 3.05) is 0 Å². The Kier molecular flexibility index (Phi) is 4.00. The number of alkyl halides is 1. The summed E-state index contributed by atoms with van der Waals surface area (Å²) in [6.45, 7) is 1.88. The van der Waals surface area contributed by atoms with Crippen LogP contribution in [0.5, 0.6) is 0 Å². The molecule has 1 aliphatic rings. The van der Waals surface area contributed by atoms with E-state index in [4.69, 9.17) is 11.6 Å². The highest BCUT2D eigenvalue weighted by molar-refractivity contribution is 6.20. The lowest BCUT2D eigenvalue weighted by Crippen LogP contribution is -2.38. The molecular weight excluding hydrogens is 236 g/mol. The SMILES string of the molecule is Cc1cccc(C(=O)NC2CCC(Cl)CC2)n1. The predicted molar refractivity (Wildman–Crippen MR) is 68.3 cm³/mol. The molecule has 0 radical (unpaired) electrons. The minimum atomic E-state index is -0.0771. The number of amides is 1. The molecule has 92 valence electrons. The van der Waals surface area contributed by atoms with E-state index in [1.807, 2.05) is 19.1 Å². The summed E-state index contributed by atoms with van der Waals surface area (Å²) in [4.78, 5) is 16.2. The van der Waals surface area contributed by atoms with Gasteiger partial charge in [-0.3, -0.25) is 4.79 Å². The molecule has 1 aromatic heterocycles. The number of hydrogen-bond donors (Lipinski definition) is 1. The van der Waals surface area contributed by atoms with Gasteiger partial charge in [0.1, 0.15) is 5.69 Å². The maximum atomic E-state index is 11.9. The molecule has 1 amide bonds. The molecule has 0 atom stereocenters. The standard InChI is InChI=1S/C13H17ClN2O/c1-9-3-2-4-12(15-9)13(17)16-11-7-5-10(14)6-8-11/h2-4,10-11H,5-8H2,1H3,(H,16,17). The van der Waals surface area contributed by atoms with Gasteiger partial charge in [-0.25, -0.2) is 4.98 Å². The third-order valence-corrected chi connectivity index (χ3v) is 3.55. The summed E-state index contributed by atoms with van der Waals surface area (Å²) in [5.41, 5.74) is 1.36. The number of rotatable bonds is 2. The van der Waals surface area contributed by atoms with Gasteiger partial charge in [0.15, 0.2) is 0 Å². The Balaban J connectivity index is 1.93. The fourth-order valence-electron chi connectivity index (χ4n) is 2.13. The van der Waals surface area contributed by atoms with E-state index in [2.05, 4.69) is 10.3 Å². The van der Waals surface area contributed by atoms with Crippen LogP contribution in [-0.2, 0) is 0 Å². The fourth-order valence-corrected chi connectivity index (χ4v) is 2.38.